The number of anilines is 1. The van der Waals surface area contributed by atoms with Crippen LogP contribution in [0.3, 0.4) is 0 Å². The van der Waals surface area contributed by atoms with Crippen LogP contribution in [0.5, 0.6) is 0 Å². The molecule has 5 heteroatoms. The molecule has 0 N–H and O–H groups in total. The lowest BCUT2D eigenvalue weighted by Gasteiger charge is -2.31. The SMILES string of the molecule is C=CCCC1=CCCN(c2nnc(CC3CCC(C(C)CCCC)CC3=O)s2)CC1. The van der Waals surface area contributed by atoms with E-state index in [-0.39, 0.29) is 5.92 Å². The van der Waals surface area contributed by atoms with Crippen molar-refractivity contribution in [2.45, 2.75) is 84.5 Å². The summed E-state index contributed by atoms with van der Waals surface area (Å²) in [6, 6.07) is 0. The van der Waals surface area contributed by atoms with Crippen molar-refractivity contribution >= 4 is 22.3 Å². The van der Waals surface area contributed by atoms with Crippen molar-refractivity contribution in [1.82, 2.24) is 10.2 Å². The third-order valence-corrected chi connectivity index (χ3v) is 7.98. The van der Waals surface area contributed by atoms with Gasteiger partial charge in [-0.1, -0.05) is 62.2 Å². The lowest BCUT2D eigenvalue weighted by atomic mass is 9.73. The molecule has 0 saturated heterocycles. The maximum Gasteiger partial charge on any atom is 0.208 e. The number of ketones is 1. The summed E-state index contributed by atoms with van der Waals surface area (Å²) in [6.07, 6.45) is 16.3. The summed E-state index contributed by atoms with van der Waals surface area (Å²) < 4.78 is 0. The molecule has 2 aliphatic rings. The van der Waals surface area contributed by atoms with Gasteiger partial charge in [0.2, 0.25) is 5.13 Å². The van der Waals surface area contributed by atoms with Crippen LogP contribution in [0.4, 0.5) is 5.13 Å². The average Bonchev–Trinajstić information content (AvgIpc) is 3.08. The summed E-state index contributed by atoms with van der Waals surface area (Å²) in [5, 5.41) is 11.0. The Labute approximate surface area is 186 Å². The van der Waals surface area contributed by atoms with Gasteiger partial charge in [0, 0.05) is 31.8 Å². The number of Topliss-reactive ketones (excluding diaryl/α,β-unsaturated/α-hetero) is 1. The third-order valence-electron chi connectivity index (χ3n) is 6.97. The van der Waals surface area contributed by atoms with Crippen molar-refractivity contribution < 1.29 is 4.79 Å². The van der Waals surface area contributed by atoms with Crippen molar-refractivity contribution in [2.75, 3.05) is 18.0 Å². The van der Waals surface area contributed by atoms with E-state index in [1.54, 1.807) is 11.3 Å². The topological polar surface area (TPSA) is 46.1 Å². The van der Waals surface area contributed by atoms with Gasteiger partial charge in [-0.15, -0.1) is 16.8 Å². The average molecular weight is 430 g/mol. The Kier molecular flexibility index (Phi) is 9.10. The van der Waals surface area contributed by atoms with Gasteiger partial charge in [-0.25, -0.2) is 0 Å². The van der Waals surface area contributed by atoms with E-state index in [9.17, 15) is 4.79 Å². The van der Waals surface area contributed by atoms with Gasteiger partial charge >= 0.3 is 0 Å². The zero-order chi connectivity index (χ0) is 21.3. The van der Waals surface area contributed by atoms with E-state index < -0.39 is 0 Å². The van der Waals surface area contributed by atoms with Crippen LogP contribution in [0.15, 0.2) is 24.3 Å². The number of allylic oxidation sites excluding steroid dienone is 1. The van der Waals surface area contributed by atoms with Gasteiger partial charge in [0.15, 0.2) is 0 Å². The highest BCUT2D eigenvalue weighted by molar-refractivity contribution is 7.15. The molecule has 4 nitrogen and oxygen atoms in total. The molecule has 1 saturated carbocycles. The molecule has 3 unspecified atom stereocenters. The standard InChI is InChI=1S/C25H39N3OS/c1-4-6-9-19(3)21-12-13-22(23(29)17-21)18-24-26-27-25(30-24)28-15-8-11-20(14-16-28)10-7-5-2/h5,11,19,21-22H,2,4,6-10,12-18H2,1,3H3. The van der Waals surface area contributed by atoms with E-state index in [1.165, 1.54) is 31.3 Å². The van der Waals surface area contributed by atoms with Crippen LogP contribution in [-0.4, -0.2) is 29.1 Å². The third kappa shape index (κ3) is 6.50. The van der Waals surface area contributed by atoms with Crippen LogP contribution >= 0.6 is 11.3 Å². The molecule has 0 radical (unpaired) electrons. The normalized spacial score (nSPS) is 23.7. The molecule has 2 heterocycles. The van der Waals surface area contributed by atoms with Crippen LogP contribution in [0.25, 0.3) is 0 Å². The highest BCUT2D eigenvalue weighted by Crippen LogP contribution is 2.35. The number of carbonyl (C=O) groups excluding carboxylic acids is 1. The van der Waals surface area contributed by atoms with Crippen LogP contribution in [0, 0.1) is 17.8 Å². The minimum atomic E-state index is 0.150. The maximum absolute atomic E-state index is 12.8. The minimum Gasteiger partial charge on any atom is -0.346 e. The smallest absolute Gasteiger partial charge is 0.208 e. The Hall–Kier alpha value is -1.49. The fourth-order valence-electron chi connectivity index (χ4n) is 4.86. The first kappa shape index (κ1) is 23.2. The molecule has 30 heavy (non-hydrogen) atoms. The van der Waals surface area contributed by atoms with Crippen molar-refractivity contribution in [2.24, 2.45) is 17.8 Å². The molecule has 166 valence electrons. The molecule has 0 aromatic carbocycles. The van der Waals surface area contributed by atoms with Gasteiger partial charge in [-0.3, -0.25) is 4.79 Å². The van der Waals surface area contributed by atoms with E-state index in [1.807, 2.05) is 6.08 Å². The largest absolute Gasteiger partial charge is 0.346 e. The molecule has 1 aromatic heterocycles. The summed E-state index contributed by atoms with van der Waals surface area (Å²) in [7, 11) is 0. The van der Waals surface area contributed by atoms with Crippen LogP contribution in [0.1, 0.15) is 83.1 Å². The summed E-state index contributed by atoms with van der Waals surface area (Å²) in [5.41, 5.74) is 1.54. The Balaban J connectivity index is 1.49. The zero-order valence-corrected chi connectivity index (χ0v) is 19.8. The summed E-state index contributed by atoms with van der Waals surface area (Å²) in [6.45, 7) is 10.4. The van der Waals surface area contributed by atoms with E-state index in [0.717, 1.165) is 68.2 Å². The number of rotatable bonds is 10. The Bertz CT molecular complexity index is 726. The number of aromatic nitrogens is 2. The zero-order valence-electron chi connectivity index (χ0n) is 18.9. The minimum absolute atomic E-state index is 0.150. The number of unbranched alkanes of at least 4 members (excludes halogenated alkanes) is 1. The molecule has 3 rings (SSSR count). The highest BCUT2D eigenvalue weighted by Gasteiger charge is 2.32. The second-order valence-electron chi connectivity index (χ2n) is 9.22. The fourth-order valence-corrected chi connectivity index (χ4v) is 5.83. The summed E-state index contributed by atoms with van der Waals surface area (Å²) >= 11 is 1.69. The fraction of sp³-hybridized carbons (Fsp3) is 0.720. The number of carbonyl (C=O) groups is 1. The van der Waals surface area contributed by atoms with Gasteiger partial charge < -0.3 is 4.90 Å². The molecule has 1 aromatic rings. The number of hydrogen-bond donors (Lipinski definition) is 0. The van der Waals surface area contributed by atoms with Gasteiger partial charge in [0.1, 0.15) is 10.8 Å². The number of nitrogens with zero attached hydrogens (tertiary/aromatic N) is 3. The van der Waals surface area contributed by atoms with Crippen molar-refractivity contribution in [3.8, 4) is 0 Å². The monoisotopic (exact) mass is 429 g/mol. The van der Waals surface area contributed by atoms with Gasteiger partial charge in [0.05, 0.1) is 0 Å². The van der Waals surface area contributed by atoms with Crippen LogP contribution in [-0.2, 0) is 11.2 Å². The maximum atomic E-state index is 12.8. The molecule has 1 fully saturated rings. The summed E-state index contributed by atoms with van der Waals surface area (Å²) in [5.74, 6) is 1.87. The molecule has 0 amide bonds. The van der Waals surface area contributed by atoms with Gasteiger partial charge in [-0.05, 0) is 50.4 Å². The summed E-state index contributed by atoms with van der Waals surface area (Å²) in [4.78, 5) is 15.2. The predicted octanol–water partition coefficient (Wildman–Crippen LogP) is 6.39. The predicted molar refractivity (Wildman–Crippen MR) is 127 cm³/mol. The first-order valence-corrected chi connectivity index (χ1v) is 12.8. The molecule has 0 bridgehead atoms. The molecule has 3 atom stereocenters. The van der Waals surface area contributed by atoms with Crippen LogP contribution < -0.4 is 4.90 Å². The van der Waals surface area contributed by atoms with Crippen LogP contribution in [0.2, 0.25) is 0 Å². The lowest BCUT2D eigenvalue weighted by molar-refractivity contribution is -0.126. The van der Waals surface area contributed by atoms with E-state index in [2.05, 4.69) is 41.6 Å². The Morgan fingerprint density at radius 1 is 1.33 bits per heavy atom. The first-order valence-electron chi connectivity index (χ1n) is 12.0. The quantitative estimate of drug-likeness (QED) is 0.405. The Morgan fingerprint density at radius 3 is 2.97 bits per heavy atom. The molecule has 0 spiro atoms. The molecular weight excluding hydrogens is 390 g/mol. The van der Waals surface area contributed by atoms with Crippen molar-refractivity contribution in [3.05, 3.63) is 29.3 Å². The van der Waals surface area contributed by atoms with Gasteiger partial charge in [0.25, 0.3) is 0 Å². The molecule has 1 aliphatic heterocycles. The first-order chi connectivity index (χ1) is 14.6. The Morgan fingerprint density at radius 2 is 2.20 bits per heavy atom. The van der Waals surface area contributed by atoms with Crippen molar-refractivity contribution in [1.29, 1.82) is 0 Å². The lowest BCUT2D eigenvalue weighted by Crippen LogP contribution is -2.29. The number of hydrogen-bond acceptors (Lipinski definition) is 5. The van der Waals surface area contributed by atoms with Gasteiger partial charge in [-0.2, -0.15) is 0 Å². The highest BCUT2D eigenvalue weighted by atomic mass is 32.1. The second-order valence-corrected chi connectivity index (χ2v) is 10.3. The molecule has 1 aliphatic carbocycles. The van der Waals surface area contributed by atoms with E-state index in [4.69, 9.17) is 0 Å². The second kappa shape index (κ2) is 11.8. The van der Waals surface area contributed by atoms with E-state index >= 15 is 0 Å². The molecular formula is C25H39N3OS. The van der Waals surface area contributed by atoms with E-state index in [0.29, 0.717) is 17.6 Å². The van der Waals surface area contributed by atoms with Crippen molar-refractivity contribution in [3.63, 3.8) is 0 Å².